The van der Waals surface area contributed by atoms with Gasteiger partial charge in [0.1, 0.15) is 0 Å². The number of amides is 2. The van der Waals surface area contributed by atoms with E-state index in [9.17, 15) is 0 Å². The smallest absolute Gasteiger partial charge is 0.309 e. The van der Waals surface area contributed by atoms with Crippen molar-refractivity contribution in [2.24, 2.45) is 11.5 Å². The Morgan fingerprint density at radius 2 is 1.38 bits per heavy atom. The third kappa shape index (κ3) is 3.33. The van der Waals surface area contributed by atoms with Crippen molar-refractivity contribution in [2.75, 3.05) is 0 Å². The summed E-state index contributed by atoms with van der Waals surface area (Å²) in [5, 5.41) is 2.39. The SMILES string of the molecule is NC(N)=O.c1ccc(-c2cccc3nc4ccccc4cc23)cc1. The van der Waals surface area contributed by atoms with Crippen molar-refractivity contribution >= 4 is 27.8 Å². The van der Waals surface area contributed by atoms with Crippen LogP contribution in [0.2, 0.25) is 0 Å². The van der Waals surface area contributed by atoms with E-state index in [1.54, 1.807) is 0 Å². The molecular formula is C20H17N3O. The quantitative estimate of drug-likeness (QED) is 0.519. The summed E-state index contributed by atoms with van der Waals surface area (Å²) in [7, 11) is 0. The first kappa shape index (κ1) is 15.5. The minimum Gasteiger partial charge on any atom is -0.352 e. The number of fused-ring (bicyclic) bond motifs is 2. The average Bonchev–Trinajstić information content (AvgIpc) is 2.60. The van der Waals surface area contributed by atoms with E-state index in [0.717, 1.165) is 11.0 Å². The number of para-hydroxylation sites is 1. The summed E-state index contributed by atoms with van der Waals surface area (Å²) in [6, 6.07) is 26.5. The van der Waals surface area contributed by atoms with E-state index in [-0.39, 0.29) is 0 Å². The zero-order chi connectivity index (χ0) is 16.9. The Morgan fingerprint density at radius 1 is 0.750 bits per heavy atom. The molecular weight excluding hydrogens is 298 g/mol. The first-order valence-corrected chi connectivity index (χ1v) is 7.54. The number of hydrogen-bond donors (Lipinski definition) is 2. The summed E-state index contributed by atoms with van der Waals surface area (Å²) in [6.45, 7) is 0. The minimum absolute atomic E-state index is 0.833. The van der Waals surface area contributed by atoms with Gasteiger partial charge in [-0.3, -0.25) is 0 Å². The first-order valence-electron chi connectivity index (χ1n) is 7.54. The molecule has 0 saturated carbocycles. The standard InChI is InChI=1S/C19H13N.CH4N2O/c1-2-7-14(8-3-1)16-10-6-12-19-17(16)13-15-9-4-5-11-18(15)20-19;2-1(3)4/h1-13H;(H4,2,3,4). The second-order valence-corrected chi connectivity index (χ2v) is 5.32. The van der Waals surface area contributed by atoms with Gasteiger partial charge < -0.3 is 11.5 Å². The fourth-order valence-corrected chi connectivity index (χ4v) is 2.67. The second kappa shape index (κ2) is 6.79. The van der Waals surface area contributed by atoms with Crippen molar-refractivity contribution in [3.63, 3.8) is 0 Å². The van der Waals surface area contributed by atoms with Crippen LogP contribution in [0, 0.1) is 0 Å². The van der Waals surface area contributed by atoms with Crippen molar-refractivity contribution in [3.8, 4) is 11.1 Å². The van der Waals surface area contributed by atoms with E-state index in [2.05, 4.69) is 78.2 Å². The van der Waals surface area contributed by atoms with Crippen LogP contribution in [0.15, 0.2) is 78.9 Å². The predicted octanol–water partition coefficient (Wildman–Crippen LogP) is 4.08. The Morgan fingerprint density at radius 3 is 2.12 bits per heavy atom. The third-order valence-corrected chi connectivity index (χ3v) is 3.65. The number of hydrogen-bond acceptors (Lipinski definition) is 2. The molecule has 4 rings (SSSR count). The summed E-state index contributed by atoms with van der Waals surface area (Å²) in [6.07, 6.45) is 0. The monoisotopic (exact) mass is 315 g/mol. The van der Waals surface area contributed by atoms with Crippen molar-refractivity contribution in [1.29, 1.82) is 0 Å². The van der Waals surface area contributed by atoms with Crippen LogP contribution in [0.3, 0.4) is 0 Å². The average molecular weight is 315 g/mol. The van der Waals surface area contributed by atoms with E-state index in [1.165, 1.54) is 21.9 Å². The normalized spacial score (nSPS) is 10.2. The van der Waals surface area contributed by atoms with Gasteiger partial charge in [-0.05, 0) is 29.3 Å². The molecule has 4 nitrogen and oxygen atoms in total. The zero-order valence-corrected chi connectivity index (χ0v) is 13.0. The molecule has 0 aliphatic carbocycles. The predicted molar refractivity (Wildman–Crippen MR) is 98.5 cm³/mol. The second-order valence-electron chi connectivity index (χ2n) is 5.32. The van der Waals surface area contributed by atoms with Gasteiger partial charge in [-0.1, -0.05) is 60.7 Å². The van der Waals surface area contributed by atoms with Gasteiger partial charge in [0.15, 0.2) is 0 Å². The lowest BCUT2D eigenvalue weighted by Gasteiger charge is -2.08. The molecule has 4 N–H and O–H groups in total. The molecule has 0 aliphatic heterocycles. The third-order valence-electron chi connectivity index (χ3n) is 3.65. The van der Waals surface area contributed by atoms with Crippen LogP contribution < -0.4 is 11.5 Å². The lowest BCUT2D eigenvalue weighted by Crippen LogP contribution is -2.18. The molecule has 1 heterocycles. The Labute approximate surface area is 139 Å². The van der Waals surface area contributed by atoms with Gasteiger partial charge in [-0.25, -0.2) is 9.78 Å². The van der Waals surface area contributed by atoms with Crippen LogP contribution in [-0.4, -0.2) is 11.0 Å². The van der Waals surface area contributed by atoms with Gasteiger partial charge in [-0.2, -0.15) is 0 Å². The molecule has 0 fully saturated rings. The van der Waals surface area contributed by atoms with Crippen molar-refractivity contribution in [2.45, 2.75) is 0 Å². The van der Waals surface area contributed by atoms with Crippen molar-refractivity contribution in [1.82, 2.24) is 4.98 Å². The number of rotatable bonds is 1. The van der Waals surface area contributed by atoms with Gasteiger partial charge in [0, 0.05) is 10.8 Å². The van der Waals surface area contributed by atoms with Crippen LogP contribution in [0.1, 0.15) is 0 Å². The van der Waals surface area contributed by atoms with Crippen LogP contribution in [0.25, 0.3) is 32.9 Å². The summed E-state index contributed by atoms with van der Waals surface area (Å²) in [4.78, 5) is 13.8. The highest BCUT2D eigenvalue weighted by Gasteiger charge is 2.05. The van der Waals surface area contributed by atoms with Crippen LogP contribution >= 0.6 is 0 Å². The largest absolute Gasteiger partial charge is 0.352 e. The summed E-state index contributed by atoms with van der Waals surface area (Å²) >= 11 is 0. The van der Waals surface area contributed by atoms with Gasteiger partial charge in [0.05, 0.1) is 11.0 Å². The number of aromatic nitrogens is 1. The summed E-state index contributed by atoms with van der Waals surface area (Å²) in [5.74, 6) is 0. The van der Waals surface area contributed by atoms with E-state index < -0.39 is 6.03 Å². The number of nitrogens with two attached hydrogens (primary N) is 2. The molecule has 1 aromatic heterocycles. The fraction of sp³-hybridized carbons (Fsp3) is 0. The van der Waals surface area contributed by atoms with Crippen LogP contribution in [-0.2, 0) is 0 Å². The number of primary amides is 2. The van der Waals surface area contributed by atoms with Gasteiger partial charge in [0.25, 0.3) is 0 Å². The Hall–Kier alpha value is -3.40. The lowest BCUT2D eigenvalue weighted by atomic mass is 9.99. The van der Waals surface area contributed by atoms with Gasteiger partial charge in [0.2, 0.25) is 0 Å². The highest BCUT2D eigenvalue weighted by Crippen LogP contribution is 2.29. The van der Waals surface area contributed by atoms with Crippen LogP contribution in [0.4, 0.5) is 4.79 Å². The maximum absolute atomic E-state index is 9.00. The van der Waals surface area contributed by atoms with E-state index in [4.69, 9.17) is 9.78 Å². The molecule has 2 amide bonds. The molecule has 0 aliphatic rings. The van der Waals surface area contributed by atoms with E-state index >= 15 is 0 Å². The molecule has 118 valence electrons. The number of nitrogens with zero attached hydrogens (tertiary/aromatic N) is 1. The maximum atomic E-state index is 9.00. The van der Waals surface area contributed by atoms with E-state index in [1.807, 2.05) is 12.1 Å². The molecule has 4 aromatic rings. The Balaban J connectivity index is 0.000000383. The highest BCUT2D eigenvalue weighted by molar-refractivity contribution is 6.00. The number of carbonyl (C=O) groups is 1. The fourth-order valence-electron chi connectivity index (χ4n) is 2.67. The van der Waals surface area contributed by atoms with Crippen molar-refractivity contribution in [3.05, 3.63) is 78.9 Å². The molecule has 0 bridgehead atoms. The highest BCUT2D eigenvalue weighted by atomic mass is 16.2. The molecule has 0 saturated heterocycles. The van der Waals surface area contributed by atoms with Gasteiger partial charge in [-0.15, -0.1) is 0 Å². The molecule has 0 atom stereocenters. The van der Waals surface area contributed by atoms with Crippen molar-refractivity contribution < 1.29 is 4.79 Å². The molecule has 0 radical (unpaired) electrons. The lowest BCUT2D eigenvalue weighted by molar-refractivity contribution is 0.256. The molecule has 0 spiro atoms. The summed E-state index contributed by atoms with van der Waals surface area (Å²) in [5.41, 5.74) is 13.1. The zero-order valence-electron chi connectivity index (χ0n) is 13.0. The molecule has 3 aromatic carbocycles. The molecule has 24 heavy (non-hydrogen) atoms. The number of benzene rings is 3. The summed E-state index contributed by atoms with van der Waals surface area (Å²) < 4.78 is 0. The number of urea groups is 1. The number of pyridine rings is 1. The maximum Gasteiger partial charge on any atom is 0.309 e. The topological polar surface area (TPSA) is 82.0 Å². The Kier molecular flexibility index (Phi) is 4.38. The van der Waals surface area contributed by atoms with Gasteiger partial charge >= 0.3 is 6.03 Å². The Bertz CT molecular complexity index is 993. The first-order chi connectivity index (χ1) is 11.6. The van der Waals surface area contributed by atoms with Crippen LogP contribution in [0.5, 0.6) is 0 Å². The minimum atomic E-state index is -0.833. The molecule has 4 heteroatoms. The molecule has 0 unspecified atom stereocenters. The van der Waals surface area contributed by atoms with E-state index in [0.29, 0.717) is 0 Å². The number of carbonyl (C=O) groups excluding carboxylic acids is 1.